The predicted octanol–water partition coefficient (Wildman–Crippen LogP) is 1.38. The van der Waals surface area contributed by atoms with Crippen molar-refractivity contribution in [2.24, 2.45) is 5.73 Å². The maximum Gasteiger partial charge on any atom is 0.248 e. The van der Waals surface area contributed by atoms with Crippen molar-refractivity contribution in [1.29, 1.82) is 0 Å². The number of imidazole rings is 1. The highest BCUT2D eigenvalue weighted by Crippen LogP contribution is 2.23. The van der Waals surface area contributed by atoms with Gasteiger partial charge in [0, 0.05) is 29.6 Å². The standard InChI is InChI=1S/C21H16FN5O/c22-15-7-4-13(5-8-15)21(24)16(10-23)14-6-9-19-25-11-18(27(19)12-14)17-2-1-3-20(28)26-17/h1-12,24H,23H2,(H,26,28)/p+1. The number of nitrogens with one attached hydrogen (secondary N) is 1. The molecule has 0 aliphatic heterocycles. The minimum Gasteiger partial charge on any atom is -0.404 e. The van der Waals surface area contributed by atoms with Crippen LogP contribution in [0, 0.1) is 5.82 Å². The van der Waals surface area contributed by atoms with Gasteiger partial charge in [0.05, 0.1) is 23.2 Å². The fraction of sp³-hybridized carbons (Fsp3) is 0. The number of hydrogen-bond acceptors (Lipinski definition) is 3. The second-order valence-electron chi connectivity index (χ2n) is 6.22. The SMILES string of the molecule is NC=C(C(=[NH2+])c1ccc(F)cc1)c1ccc2ncc(-c3cccc(=O)[nH]3)n2c1. The zero-order chi connectivity index (χ0) is 19.7. The Morgan fingerprint density at radius 1 is 1.11 bits per heavy atom. The number of nitrogens with two attached hydrogens (primary N) is 2. The number of hydrogen-bond donors (Lipinski definition) is 3. The van der Waals surface area contributed by atoms with Crippen molar-refractivity contribution in [3.63, 3.8) is 0 Å². The summed E-state index contributed by atoms with van der Waals surface area (Å²) in [5.41, 5.74) is 10.2. The van der Waals surface area contributed by atoms with Crippen LogP contribution in [0.3, 0.4) is 0 Å². The summed E-state index contributed by atoms with van der Waals surface area (Å²) < 4.78 is 15.1. The minimum absolute atomic E-state index is 0.194. The van der Waals surface area contributed by atoms with Gasteiger partial charge < -0.3 is 10.7 Å². The van der Waals surface area contributed by atoms with Gasteiger partial charge in [0.25, 0.3) is 0 Å². The van der Waals surface area contributed by atoms with E-state index in [0.29, 0.717) is 28.2 Å². The molecule has 28 heavy (non-hydrogen) atoms. The highest BCUT2D eigenvalue weighted by Gasteiger charge is 2.17. The van der Waals surface area contributed by atoms with Gasteiger partial charge in [-0.2, -0.15) is 0 Å². The van der Waals surface area contributed by atoms with E-state index in [2.05, 4.69) is 9.97 Å². The van der Waals surface area contributed by atoms with Crippen LogP contribution < -0.4 is 16.7 Å². The molecule has 0 aliphatic rings. The van der Waals surface area contributed by atoms with Crippen LogP contribution in [0.1, 0.15) is 11.1 Å². The fourth-order valence-corrected chi connectivity index (χ4v) is 3.06. The van der Waals surface area contributed by atoms with Crippen molar-refractivity contribution >= 4 is 16.9 Å². The molecule has 0 atom stereocenters. The van der Waals surface area contributed by atoms with E-state index < -0.39 is 0 Å². The summed E-state index contributed by atoms with van der Waals surface area (Å²) in [6.07, 6.45) is 4.95. The number of aromatic nitrogens is 3. The summed E-state index contributed by atoms with van der Waals surface area (Å²) in [5.74, 6) is -0.337. The quantitative estimate of drug-likeness (QED) is 0.470. The largest absolute Gasteiger partial charge is 0.404 e. The second kappa shape index (κ2) is 6.96. The molecule has 0 saturated carbocycles. The molecule has 0 spiro atoms. The number of aromatic amines is 1. The molecule has 0 bridgehead atoms. The van der Waals surface area contributed by atoms with E-state index in [1.54, 1.807) is 30.5 Å². The van der Waals surface area contributed by atoms with E-state index in [1.165, 1.54) is 24.4 Å². The van der Waals surface area contributed by atoms with E-state index in [1.807, 2.05) is 22.7 Å². The van der Waals surface area contributed by atoms with Gasteiger partial charge in [-0.1, -0.05) is 6.07 Å². The molecule has 138 valence electrons. The van der Waals surface area contributed by atoms with E-state index in [4.69, 9.17) is 11.1 Å². The molecule has 4 aromatic rings. The normalized spacial score (nSPS) is 11.7. The summed E-state index contributed by atoms with van der Waals surface area (Å²) in [6, 6.07) is 14.5. The number of halogens is 1. The maximum atomic E-state index is 13.2. The van der Waals surface area contributed by atoms with Gasteiger partial charge in [-0.15, -0.1) is 0 Å². The lowest BCUT2D eigenvalue weighted by Gasteiger charge is -2.08. The minimum atomic E-state index is -0.337. The average Bonchev–Trinajstić information content (AvgIpc) is 3.12. The van der Waals surface area contributed by atoms with Crippen molar-refractivity contribution in [2.75, 3.05) is 0 Å². The van der Waals surface area contributed by atoms with Gasteiger partial charge in [0.2, 0.25) is 11.3 Å². The number of benzene rings is 1. The number of allylic oxidation sites excluding steroid dienone is 1. The monoisotopic (exact) mass is 374 g/mol. The molecule has 0 radical (unpaired) electrons. The number of rotatable bonds is 4. The smallest absolute Gasteiger partial charge is 0.248 e. The van der Waals surface area contributed by atoms with Crippen LogP contribution in [-0.4, -0.2) is 20.1 Å². The topological polar surface area (TPSA) is 102 Å². The molecule has 4 rings (SSSR count). The number of H-pyrrole nitrogens is 1. The first kappa shape index (κ1) is 17.4. The van der Waals surface area contributed by atoms with Crippen LogP contribution in [0.4, 0.5) is 4.39 Å². The number of fused-ring (bicyclic) bond motifs is 1. The van der Waals surface area contributed by atoms with Crippen LogP contribution >= 0.6 is 0 Å². The van der Waals surface area contributed by atoms with Crippen molar-refractivity contribution in [2.45, 2.75) is 0 Å². The van der Waals surface area contributed by atoms with Crippen LogP contribution in [-0.2, 0) is 0 Å². The molecule has 0 aliphatic carbocycles. The third kappa shape index (κ3) is 3.09. The van der Waals surface area contributed by atoms with Crippen LogP contribution in [0.5, 0.6) is 0 Å². The van der Waals surface area contributed by atoms with Gasteiger partial charge in [0.1, 0.15) is 11.5 Å². The lowest BCUT2D eigenvalue weighted by molar-refractivity contribution is -0.110. The van der Waals surface area contributed by atoms with Gasteiger partial charge in [0.15, 0.2) is 0 Å². The molecule has 0 amide bonds. The Balaban J connectivity index is 1.80. The van der Waals surface area contributed by atoms with Gasteiger partial charge in [-0.3, -0.25) is 14.6 Å². The Morgan fingerprint density at radius 2 is 1.86 bits per heavy atom. The molecule has 0 fully saturated rings. The Kier molecular flexibility index (Phi) is 4.33. The average molecular weight is 374 g/mol. The molecule has 5 N–H and O–H groups in total. The fourth-order valence-electron chi connectivity index (χ4n) is 3.06. The Bertz CT molecular complexity index is 1270. The summed E-state index contributed by atoms with van der Waals surface area (Å²) >= 11 is 0. The summed E-state index contributed by atoms with van der Waals surface area (Å²) in [4.78, 5) is 18.8. The summed E-state index contributed by atoms with van der Waals surface area (Å²) in [7, 11) is 0. The van der Waals surface area contributed by atoms with Gasteiger partial charge in [-0.25, -0.2) is 9.37 Å². The maximum absolute atomic E-state index is 13.2. The van der Waals surface area contributed by atoms with Crippen molar-refractivity contribution in [3.8, 4) is 11.4 Å². The molecule has 1 aromatic carbocycles. The highest BCUT2D eigenvalue weighted by molar-refractivity contribution is 6.28. The highest BCUT2D eigenvalue weighted by atomic mass is 19.1. The molecular weight excluding hydrogens is 357 g/mol. The van der Waals surface area contributed by atoms with Gasteiger partial charge in [-0.05, 0) is 42.5 Å². The first-order valence-corrected chi connectivity index (χ1v) is 8.54. The predicted molar refractivity (Wildman–Crippen MR) is 106 cm³/mol. The van der Waals surface area contributed by atoms with Crippen molar-refractivity contribution in [1.82, 2.24) is 14.4 Å². The molecule has 6 nitrogen and oxygen atoms in total. The van der Waals surface area contributed by atoms with Crippen molar-refractivity contribution in [3.05, 3.63) is 100 Å². The Morgan fingerprint density at radius 3 is 2.57 bits per heavy atom. The second-order valence-corrected chi connectivity index (χ2v) is 6.22. The zero-order valence-electron chi connectivity index (χ0n) is 14.8. The van der Waals surface area contributed by atoms with Crippen LogP contribution in [0.25, 0.3) is 22.6 Å². The first-order chi connectivity index (χ1) is 13.6. The molecule has 0 saturated heterocycles. The van der Waals surface area contributed by atoms with Gasteiger partial charge >= 0.3 is 0 Å². The Labute approximate surface area is 159 Å². The summed E-state index contributed by atoms with van der Waals surface area (Å²) in [5, 5.41) is 6.29. The third-order valence-electron chi connectivity index (χ3n) is 4.47. The number of pyridine rings is 2. The van der Waals surface area contributed by atoms with E-state index in [9.17, 15) is 9.18 Å². The molecular formula is C21H17FN5O+. The Hall–Kier alpha value is -4.00. The van der Waals surface area contributed by atoms with E-state index >= 15 is 0 Å². The molecule has 3 heterocycles. The number of nitrogens with zero attached hydrogens (tertiary/aromatic N) is 2. The lowest BCUT2D eigenvalue weighted by atomic mass is 9.98. The lowest BCUT2D eigenvalue weighted by Crippen LogP contribution is -2.41. The molecule has 0 unspecified atom stereocenters. The van der Waals surface area contributed by atoms with Crippen molar-refractivity contribution < 1.29 is 9.80 Å². The van der Waals surface area contributed by atoms with Crippen LogP contribution in [0.15, 0.2) is 78.0 Å². The first-order valence-electron chi connectivity index (χ1n) is 8.54. The van der Waals surface area contributed by atoms with E-state index in [-0.39, 0.29) is 11.4 Å². The molecule has 7 heteroatoms. The third-order valence-corrected chi connectivity index (χ3v) is 4.47. The van der Waals surface area contributed by atoms with Crippen LogP contribution in [0.2, 0.25) is 0 Å². The molecule has 3 aromatic heterocycles. The zero-order valence-corrected chi connectivity index (χ0v) is 14.8. The van der Waals surface area contributed by atoms with E-state index in [0.717, 1.165) is 11.3 Å². The summed E-state index contributed by atoms with van der Waals surface area (Å²) in [6.45, 7) is 0.